The summed E-state index contributed by atoms with van der Waals surface area (Å²) in [6.07, 6.45) is -0.0879. The predicted molar refractivity (Wildman–Crippen MR) is 85.6 cm³/mol. The van der Waals surface area contributed by atoms with Crippen LogP contribution >= 0.6 is 11.3 Å². The molecule has 0 spiro atoms. The molecule has 8 heteroatoms. The largest absolute Gasteiger partial charge is 0.466 e. The van der Waals surface area contributed by atoms with Gasteiger partial charge in [0.05, 0.1) is 24.0 Å². The van der Waals surface area contributed by atoms with Crippen molar-refractivity contribution in [1.29, 1.82) is 0 Å². The van der Waals surface area contributed by atoms with Gasteiger partial charge in [-0.2, -0.15) is 9.67 Å². The van der Waals surface area contributed by atoms with Gasteiger partial charge < -0.3 is 9.47 Å². The van der Waals surface area contributed by atoms with Crippen molar-refractivity contribution in [2.45, 2.75) is 39.7 Å². The fourth-order valence-electron chi connectivity index (χ4n) is 1.84. The van der Waals surface area contributed by atoms with Crippen molar-refractivity contribution in [1.82, 2.24) is 14.8 Å². The van der Waals surface area contributed by atoms with Gasteiger partial charge in [-0.25, -0.2) is 0 Å². The molecule has 0 fully saturated rings. The maximum atomic E-state index is 12.4. The van der Waals surface area contributed by atoms with Gasteiger partial charge in [0.25, 0.3) is 0 Å². The molecular formula is C15H19N3O4S. The highest BCUT2D eigenvalue weighted by Gasteiger charge is 2.20. The molecule has 0 saturated heterocycles. The SMILES string of the molecule is CCOC(=O)CCC(=O)n1nc(OC(C)C)nc1-c1cccs1. The lowest BCUT2D eigenvalue weighted by atomic mass is 10.3. The average Bonchev–Trinajstić information content (AvgIpc) is 3.13. The van der Waals surface area contributed by atoms with E-state index < -0.39 is 5.97 Å². The second kappa shape index (κ2) is 7.87. The van der Waals surface area contributed by atoms with Crippen LogP contribution in [0.3, 0.4) is 0 Å². The van der Waals surface area contributed by atoms with Crippen LogP contribution in [0.15, 0.2) is 17.5 Å². The van der Waals surface area contributed by atoms with Gasteiger partial charge in [0.2, 0.25) is 5.91 Å². The summed E-state index contributed by atoms with van der Waals surface area (Å²) in [6.45, 7) is 5.73. The molecule has 23 heavy (non-hydrogen) atoms. The Morgan fingerprint density at radius 2 is 2.13 bits per heavy atom. The van der Waals surface area contributed by atoms with Gasteiger partial charge in [-0.05, 0) is 32.2 Å². The topological polar surface area (TPSA) is 83.3 Å². The molecule has 0 N–H and O–H groups in total. The zero-order chi connectivity index (χ0) is 16.8. The van der Waals surface area contributed by atoms with Crippen molar-refractivity contribution < 1.29 is 19.1 Å². The quantitative estimate of drug-likeness (QED) is 0.722. The molecule has 2 aromatic heterocycles. The molecule has 0 radical (unpaired) electrons. The lowest BCUT2D eigenvalue weighted by Crippen LogP contribution is -2.16. The molecule has 0 aliphatic rings. The number of rotatable bonds is 7. The summed E-state index contributed by atoms with van der Waals surface area (Å²) in [7, 11) is 0. The van der Waals surface area contributed by atoms with Gasteiger partial charge in [0, 0.05) is 6.42 Å². The van der Waals surface area contributed by atoms with E-state index in [9.17, 15) is 9.59 Å². The number of aromatic nitrogens is 3. The highest BCUT2D eigenvalue weighted by atomic mass is 32.1. The Morgan fingerprint density at radius 1 is 1.35 bits per heavy atom. The molecule has 124 valence electrons. The molecule has 2 aromatic rings. The summed E-state index contributed by atoms with van der Waals surface area (Å²) in [5, 5.41) is 6.01. The standard InChI is InChI=1S/C15H19N3O4S/c1-4-21-13(20)8-7-12(19)18-14(11-6-5-9-23-11)16-15(17-18)22-10(2)3/h5-6,9-10H,4,7-8H2,1-3H3. The number of hydrogen-bond donors (Lipinski definition) is 0. The fourth-order valence-corrected chi connectivity index (χ4v) is 2.54. The van der Waals surface area contributed by atoms with E-state index in [0.717, 1.165) is 4.88 Å². The van der Waals surface area contributed by atoms with E-state index in [0.29, 0.717) is 12.4 Å². The first-order chi connectivity index (χ1) is 11.0. The van der Waals surface area contributed by atoms with E-state index in [1.807, 2.05) is 31.4 Å². The Labute approximate surface area is 138 Å². The smallest absolute Gasteiger partial charge is 0.336 e. The van der Waals surface area contributed by atoms with Gasteiger partial charge in [0.1, 0.15) is 0 Å². The van der Waals surface area contributed by atoms with Crippen molar-refractivity contribution in [3.8, 4) is 16.7 Å². The summed E-state index contributed by atoms with van der Waals surface area (Å²) in [5.41, 5.74) is 0. The maximum Gasteiger partial charge on any atom is 0.336 e. The van der Waals surface area contributed by atoms with E-state index in [1.165, 1.54) is 16.0 Å². The number of esters is 1. The Balaban J connectivity index is 2.20. The zero-order valence-corrected chi connectivity index (χ0v) is 14.1. The monoisotopic (exact) mass is 337 g/mol. The molecular weight excluding hydrogens is 318 g/mol. The molecule has 2 heterocycles. The van der Waals surface area contributed by atoms with Gasteiger partial charge in [-0.3, -0.25) is 9.59 Å². The summed E-state index contributed by atoms with van der Waals surface area (Å²) in [6, 6.07) is 3.86. The van der Waals surface area contributed by atoms with E-state index in [4.69, 9.17) is 9.47 Å². The summed E-state index contributed by atoms with van der Waals surface area (Å²) < 4.78 is 11.5. The fraction of sp³-hybridized carbons (Fsp3) is 0.467. The first kappa shape index (κ1) is 17.1. The highest BCUT2D eigenvalue weighted by molar-refractivity contribution is 7.13. The number of ether oxygens (including phenoxy) is 2. The third kappa shape index (κ3) is 4.62. The zero-order valence-electron chi connectivity index (χ0n) is 13.3. The van der Waals surface area contributed by atoms with Crippen molar-refractivity contribution in [3.05, 3.63) is 17.5 Å². The normalized spacial score (nSPS) is 10.8. The molecule has 0 unspecified atom stereocenters. The number of carbonyl (C=O) groups is 2. The van der Waals surface area contributed by atoms with Crippen LogP contribution in [0, 0.1) is 0 Å². The molecule has 2 rings (SSSR count). The average molecular weight is 337 g/mol. The van der Waals surface area contributed by atoms with Crippen LogP contribution in [0.1, 0.15) is 38.4 Å². The molecule has 7 nitrogen and oxygen atoms in total. The first-order valence-corrected chi connectivity index (χ1v) is 8.25. The van der Waals surface area contributed by atoms with Crippen molar-refractivity contribution >= 4 is 23.2 Å². The van der Waals surface area contributed by atoms with Crippen LogP contribution in [0.25, 0.3) is 10.7 Å². The van der Waals surface area contributed by atoms with Crippen LogP contribution in [0.4, 0.5) is 0 Å². The molecule has 0 saturated carbocycles. The van der Waals surface area contributed by atoms with Crippen LogP contribution < -0.4 is 4.74 Å². The van der Waals surface area contributed by atoms with Crippen molar-refractivity contribution in [2.24, 2.45) is 0 Å². The minimum absolute atomic E-state index is 0.00167. The van der Waals surface area contributed by atoms with Crippen molar-refractivity contribution in [2.75, 3.05) is 6.61 Å². The van der Waals surface area contributed by atoms with Crippen LogP contribution in [-0.4, -0.2) is 39.4 Å². The third-order valence-corrected chi connectivity index (χ3v) is 3.62. The van der Waals surface area contributed by atoms with Gasteiger partial charge >= 0.3 is 12.0 Å². The molecule has 0 amide bonds. The van der Waals surface area contributed by atoms with E-state index in [-0.39, 0.29) is 30.9 Å². The van der Waals surface area contributed by atoms with Crippen LogP contribution in [-0.2, 0) is 9.53 Å². The van der Waals surface area contributed by atoms with E-state index in [1.54, 1.807) is 6.92 Å². The molecule has 0 aliphatic heterocycles. The number of hydrogen-bond acceptors (Lipinski definition) is 7. The van der Waals surface area contributed by atoms with E-state index in [2.05, 4.69) is 10.1 Å². The van der Waals surface area contributed by atoms with Crippen molar-refractivity contribution in [3.63, 3.8) is 0 Å². The van der Waals surface area contributed by atoms with Crippen LogP contribution in [0.5, 0.6) is 6.01 Å². The molecule has 0 aromatic carbocycles. The number of carbonyl (C=O) groups excluding carboxylic acids is 2. The molecule has 0 bridgehead atoms. The molecule has 0 atom stereocenters. The third-order valence-electron chi connectivity index (χ3n) is 2.75. The first-order valence-electron chi connectivity index (χ1n) is 7.37. The Morgan fingerprint density at radius 3 is 2.74 bits per heavy atom. The number of thiophene rings is 1. The lowest BCUT2D eigenvalue weighted by molar-refractivity contribution is -0.143. The number of nitrogens with zero attached hydrogens (tertiary/aromatic N) is 3. The summed E-state index contributed by atoms with van der Waals surface area (Å²) in [4.78, 5) is 28.9. The predicted octanol–water partition coefficient (Wildman–Crippen LogP) is 2.78. The Hall–Kier alpha value is -2.22. The maximum absolute atomic E-state index is 12.4. The van der Waals surface area contributed by atoms with Crippen LogP contribution in [0.2, 0.25) is 0 Å². The Kier molecular flexibility index (Phi) is 5.86. The lowest BCUT2D eigenvalue weighted by Gasteiger charge is -2.04. The van der Waals surface area contributed by atoms with E-state index >= 15 is 0 Å². The minimum Gasteiger partial charge on any atom is -0.466 e. The molecule has 0 aliphatic carbocycles. The minimum atomic E-state index is -0.405. The summed E-state index contributed by atoms with van der Waals surface area (Å²) >= 11 is 1.45. The van der Waals surface area contributed by atoms with Gasteiger partial charge in [0.15, 0.2) is 5.82 Å². The second-order valence-electron chi connectivity index (χ2n) is 4.97. The highest BCUT2D eigenvalue weighted by Crippen LogP contribution is 2.25. The summed E-state index contributed by atoms with van der Waals surface area (Å²) in [5.74, 6) is -0.311. The van der Waals surface area contributed by atoms with Gasteiger partial charge in [-0.1, -0.05) is 6.07 Å². The Bertz CT molecular complexity index is 664. The van der Waals surface area contributed by atoms with Gasteiger partial charge in [-0.15, -0.1) is 16.4 Å². The second-order valence-corrected chi connectivity index (χ2v) is 5.92.